The minimum atomic E-state index is -3.76. The Labute approximate surface area is 206 Å². The van der Waals surface area contributed by atoms with Crippen molar-refractivity contribution in [2.45, 2.75) is 31.7 Å². The lowest BCUT2D eigenvalue weighted by Crippen LogP contribution is -2.12. The molecule has 0 aliphatic rings. The Hall–Kier alpha value is -3.06. The van der Waals surface area contributed by atoms with Crippen molar-refractivity contribution in [2.24, 2.45) is 5.14 Å². The zero-order chi connectivity index (χ0) is 24.9. The molecule has 0 amide bonds. The molecule has 10 nitrogen and oxygen atoms in total. The first-order valence-electron chi connectivity index (χ1n) is 10.1. The van der Waals surface area contributed by atoms with Crippen LogP contribution in [-0.4, -0.2) is 35.9 Å². The highest BCUT2D eigenvalue weighted by Gasteiger charge is 2.18. The van der Waals surface area contributed by atoms with E-state index in [0.29, 0.717) is 40.0 Å². The number of esters is 1. The van der Waals surface area contributed by atoms with Gasteiger partial charge < -0.3 is 10.1 Å². The average Bonchev–Trinajstić information content (AvgIpc) is 3.14. The van der Waals surface area contributed by atoms with Crippen molar-refractivity contribution in [3.05, 3.63) is 63.8 Å². The molecule has 0 radical (unpaired) electrons. The largest absolute Gasteiger partial charge is 0.462 e. The van der Waals surface area contributed by atoms with Crippen LogP contribution < -0.4 is 15.8 Å². The van der Waals surface area contributed by atoms with Gasteiger partial charge in [-0.1, -0.05) is 41.1 Å². The van der Waals surface area contributed by atoms with Crippen LogP contribution in [0.2, 0.25) is 5.15 Å². The van der Waals surface area contributed by atoms with Gasteiger partial charge in [-0.3, -0.25) is 5.32 Å². The fourth-order valence-corrected chi connectivity index (χ4v) is 4.51. The zero-order valence-corrected chi connectivity index (χ0v) is 20.9. The number of hydrogen-bond acceptors (Lipinski definition) is 10. The number of aryl methyl sites for hydroxylation is 1. The molecule has 13 heteroatoms. The monoisotopic (exact) mass is 522 g/mol. The van der Waals surface area contributed by atoms with Crippen LogP contribution in [0.25, 0.3) is 0 Å². The fraction of sp³-hybridized carbons (Fsp3) is 0.238. The van der Waals surface area contributed by atoms with Crippen molar-refractivity contribution in [2.75, 3.05) is 17.2 Å². The molecule has 0 unspecified atom stereocenters. The van der Waals surface area contributed by atoms with Crippen LogP contribution in [-0.2, 0) is 27.7 Å². The van der Waals surface area contributed by atoms with Gasteiger partial charge in [0.15, 0.2) is 5.13 Å². The van der Waals surface area contributed by atoms with E-state index in [9.17, 15) is 13.2 Å². The molecular weight excluding hydrogens is 500 g/mol. The van der Waals surface area contributed by atoms with Gasteiger partial charge in [0.05, 0.1) is 17.2 Å². The number of primary sulfonamides is 1. The number of carbonyl (C=O) groups excluding carboxylic acids is 1. The maximum absolute atomic E-state index is 12.1. The summed E-state index contributed by atoms with van der Waals surface area (Å²) >= 11 is 7.54. The third-order valence-electron chi connectivity index (χ3n) is 4.49. The molecule has 0 saturated heterocycles. The summed E-state index contributed by atoms with van der Waals surface area (Å²) in [6, 6.07) is 6.17. The third kappa shape index (κ3) is 6.29. The van der Waals surface area contributed by atoms with E-state index >= 15 is 0 Å². The Balaban J connectivity index is 1.83. The zero-order valence-electron chi connectivity index (χ0n) is 18.5. The van der Waals surface area contributed by atoms with Gasteiger partial charge in [-0.2, -0.15) is 4.98 Å². The highest BCUT2D eigenvalue weighted by molar-refractivity contribution is 7.89. The first-order valence-corrected chi connectivity index (χ1v) is 12.8. The number of anilines is 3. The number of sulfonamides is 1. The molecule has 0 fully saturated rings. The molecule has 3 aromatic rings. The van der Waals surface area contributed by atoms with Gasteiger partial charge in [0.25, 0.3) is 0 Å². The van der Waals surface area contributed by atoms with E-state index < -0.39 is 16.0 Å². The first-order chi connectivity index (χ1) is 16.1. The summed E-state index contributed by atoms with van der Waals surface area (Å²) in [6.45, 7) is 7.79. The van der Waals surface area contributed by atoms with Crippen molar-refractivity contribution in [3.63, 3.8) is 0 Å². The highest BCUT2D eigenvalue weighted by Crippen LogP contribution is 2.29. The Morgan fingerprint density at radius 2 is 1.97 bits per heavy atom. The summed E-state index contributed by atoms with van der Waals surface area (Å²) in [5, 5.41) is 12.0. The van der Waals surface area contributed by atoms with Crippen LogP contribution in [0.4, 0.5) is 16.9 Å². The molecule has 180 valence electrons. The average molecular weight is 523 g/mol. The number of nitrogens with two attached hydrogens (primary N) is 1. The van der Waals surface area contributed by atoms with E-state index in [1.807, 2.05) is 0 Å². The number of allylic oxidation sites excluding steroid dienone is 1. The number of nitrogens with one attached hydrogen (secondary N) is 2. The standard InChI is InChI=1S/C21H23ClN6O4S2/c1-4-6-15-17(22)26-20(28-21-25-12(3)16(33-21)19(29)32-5-2)27-18(15)24-11-13-7-9-14(10-8-13)34(23,30)31/h4,7-10H,1,5-6,11H2,2-3H3,(H2,23,30,31)(H2,24,25,26,27,28). The lowest BCUT2D eigenvalue weighted by molar-refractivity contribution is 0.0531. The number of aromatic nitrogens is 3. The normalized spacial score (nSPS) is 11.2. The number of halogens is 1. The summed E-state index contributed by atoms with van der Waals surface area (Å²) in [7, 11) is -3.76. The molecule has 2 heterocycles. The summed E-state index contributed by atoms with van der Waals surface area (Å²) in [5.41, 5.74) is 1.98. The van der Waals surface area contributed by atoms with Crippen molar-refractivity contribution in [3.8, 4) is 0 Å². The van der Waals surface area contributed by atoms with Crippen LogP contribution in [0.3, 0.4) is 0 Å². The minimum Gasteiger partial charge on any atom is -0.462 e. The molecule has 0 atom stereocenters. The number of nitrogens with zero attached hydrogens (tertiary/aromatic N) is 3. The van der Waals surface area contributed by atoms with E-state index in [1.165, 1.54) is 12.1 Å². The maximum atomic E-state index is 12.1. The Morgan fingerprint density at radius 1 is 1.26 bits per heavy atom. The molecule has 2 aromatic heterocycles. The second-order valence-corrected chi connectivity index (χ2v) is 9.90. The number of rotatable bonds is 10. The summed E-state index contributed by atoms with van der Waals surface area (Å²) < 4.78 is 27.9. The molecule has 0 spiro atoms. The molecule has 0 saturated carbocycles. The number of thiazole rings is 1. The second kappa shape index (κ2) is 10.9. The third-order valence-corrected chi connectivity index (χ3v) is 6.79. The Morgan fingerprint density at radius 3 is 2.59 bits per heavy atom. The fourth-order valence-electron chi connectivity index (χ4n) is 2.90. The SMILES string of the molecule is C=CCc1c(Cl)nc(Nc2nc(C)c(C(=O)OCC)s2)nc1NCc1ccc(S(N)(=O)=O)cc1. The molecule has 3 rings (SSSR count). The van der Waals surface area contributed by atoms with E-state index in [2.05, 4.69) is 32.2 Å². The van der Waals surface area contributed by atoms with Gasteiger partial charge in [0, 0.05) is 12.1 Å². The van der Waals surface area contributed by atoms with Gasteiger partial charge in [-0.25, -0.2) is 28.3 Å². The van der Waals surface area contributed by atoms with Gasteiger partial charge in [0.2, 0.25) is 16.0 Å². The Bertz CT molecular complexity index is 1310. The summed E-state index contributed by atoms with van der Waals surface area (Å²) in [6.07, 6.45) is 2.11. The van der Waals surface area contributed by atoms with Crippen molar-refractivity contribution in [1.82, 2.24) is 15.0 Å². The number of ether oxygens (including phenoxy) is 1. The van der Waals surface area contributed by atoms with Crippen LogP contribution in [0.1, 0.15) is 33.4 Å². The molecule has 0 bridgehead atoms. The van der Waals surface area contributed by atoms with E-state index in [1.54, 1.807) is 32.1 Å². The lowest BCUT2D eigenvalue weighted by atomic mass is 10.2. The molecular formula is C21H23ClN6O4S2. The smallest absolute Gasteiger partial charge is 0.350 e. The van der Waals surface area contributed by atoms with Crippen LogP contribution in [0, 0.1) is 6.92 Å². The first kappa shape index (κ1) is 25.6. The lowest BCUT2D eigenvalue weighted by Gasteiger charge is -2.13. The van der Waals surface area contributed by atoms with Gasteiger partial charge >= 0.3 is 5.97 Å². The van der Waals surface area contributed by atoms with Gasteiger partial charge in [-0.15, -0.1) is 6.58 Å². The van der Waals surface area contributed by atoms with E-state index in [4.69, 9.17) is 21.5 Å². The van der Waals surface area contributed by atoms with Crippen LogP contribution in [0.15, 0.2) is 41.8 Å². The number of benzene rings is 1. The Kier molecular flexibility index (Phi) is 8.20. The molecule has 34 heavy (non-hydrogen) atoms. The van der Waals surface area contributed by atoms with Crippen LogP contribution >= 0.6 is 22.9 Å². The van der Waals surface area contributed by atoms with E-state index in [0.717, 1.165) is 16.9 Å². The number of hydrogen-bond donors (Lipinski definition) is 3. The number of carbonyl (C=O) groups is 1. The topological polar surface area (TPSA) is 149 Å². The van der Waals surface area contributed by atoms with Gasteiger partial charge in [0.1, 0.15) is 15.8 Å². The highest BCUT2D eigenvalue weighted by atomic mass is 35.5. The van der Waals surface area contributed by atoms with Crippen molar-refractivity contribution < 1.29 is 17.9 Å². The molecule has 4 N–H and O–H groups in total. The molecule has 0 aliphatic heterocycles. The van der Waals surface area contributed by atoms with Crippen LogP contribution in [0.5, 0.6) is 0 Å². The molecule has 1 aromatic carbocycles. The van der Waals surface area contributed by atoms with Crippen molar-refractivity contribution in [1.29, 1.82) is 0 Å². The van der Waals surface area contributed by atoms with Crippen molar-refractivity contribution >= 4 is 55.8 Å². The maximum Gasteiger partial charge on any atom is 0.350 e. The molecule has 0 aliphatic carbocycles. The summed E-state index contributed by atoms with van der Waals surface area (Å²) in [5.74, 6) is 0.215. The quantitative estimate of drug-likeness (QED) is 0.205. The summed E-state index contributed by atoms with van der Waals surface area (Å²) in [4.78, 5) is 25.6. The predicted octanol–water partition coefficient (Wildman–Crippen LogP) is 3.80. The van der Waals surface area contributed by atoms with Gasteiger partial charge in [-0.05, 0) is 38.0 Å². The predicted molar refractivity (Wildman–Crippen MR) is 132 cm³/mol. The minimum absolute atomic E-state index is 0.0288. The van der Waals surface area contributed by atoms with E-state index in [-0.39, 0.29) is 22.6 Å². The second-order valence-electron chi connectivity index (χ2n) is 6.98.